The predicted molar refractivity (Wildman–Crippen MR) is 148 cm³/mol. The van der Waals surface area contributed by atoms with Crippen molar-refractivity contribution in [2.45, 2.75) is 46.1 Å². The van der Waals surface area contributed by atoms with Gasteiger partial charge in [-0.25, -0.2) is 8.42 Å². The molecule has 0 saturated carbocycles. The molecule has 196 valence electrons. The van der Waals surface area contributed by atoms with Crippen LogP contribution in [0.5, 0.6) is 10.8 Å². The van der Waals surface area contributed by atoms with Gasteiger partial charge in [-0.15, -0.1) is 17.3 Å². The van der Waals surface area contributed by atoms with E-state index < -0.39 is 15.8 Å². The van der Waals surface area contributed by atoms with Gasteiger partial charge in [-0.05, 0) is 85.3 Å². The second kappa shape index (κ2) is 12.8. The van der Waals surface area contributed by atoms with Crippen LogP contribution in [0.1, 0.15) is 47.3 Å². The summed E-state index contributed by atoms with van der Waals surface area (Å²) in [6, 6.07) is 15.9. The third-order valence-electron chi connectivity index (χ3n) is 5.67. The van der Waals surface area contributed by atoms with E-state index in [4.69, 9.17) is 14.6 Å². The lowest BCUT2D eigenvalue weighted by Gasteiger charge is -2.15. The molecular formula is C29H32O6S2. The number of carbonyl (C=O) groups is 1. The van der Waals surface area contributed by atoms with Crippen LogP contribution in [-0.4, -0.2) is 38.1 Å². The zero-order chi connectivity index (χ0) is 27.0. The Morgan fingerprint density at radius 2 is 1.81 bits per heavy atom. The smallest absolute Gasteiger partial charge is 0.304 e. The molecule has 1 aromatic heterocycles. The van der Waals surface area contributed by atoms with Gasteiger partial charge in [0.25, 0.3) is 0 Å². The van der Waals surface area contributed by atoms with Gasteiger partial charge in [0.15, 0.2) is 5.06 Å². The molecule has 0 spiro atoms. The number of thiophene rings is 1. The number of hydrogen-bond acceptors (Lipinski definition) is 6. The minimum atomic E-state index is -2.99. The lowest BCUT2D eigenvalue weighted by Crippen LogP contribution is -2.08. The maximum atomic E-state index is 11.3. The van der Waals surface area contributed by atoms with Crippen LogP contribution in [0.25, 0.3) is 11.1 Å². The number of rotatable bonds is 12. The second-order valence-corrected chi connectivity index (χ2v) is 12.3. The summed E-state index contributed by atoms with van der Waals surface area (Å²) in [6.07, 6.45) is 1.65. The van der Waals surface area contributed by atoms with Crippen molar-refractivity contribution < 1.29 is 27.8 Å². The Bertz CT molecular complexity index is 1390. The number of hydrogen-bond donors (Lipinski definition) is 1. The van der Waals surface area contributed by atoms with E-state index in [2.05, 4.69) is 24.0 Å². The van der Waals surface area contributed by atoms with Crippen molar-refractivity contribution in [3.05, 3.63) is 70.1 Å². The largest absolute Gasteiger partial charge is 0.494 e. The molecule has 1 heterocycles. The minimum absolute atomic E-state index is 0.0357. The predicted octanol–water partition coefficient (Wildman–Crippen LogP) is 6.01. The van der Waals surface area contributed by atoms with Gasteiger partial charge in [-0.3, -0.25) is 4.79 Å². The fourth-order valence-electron chi connectivity index (χ4n) is 4.12. The highest BCUT2D eigenvalue weighted by molar-refractivity contribution is 7.90. The van der Waals surface area contributed by atoms with Crippen LogP contribution >= 0.6 is 11.3 Å². The Kier molecular flexibility index (Phi) is 9.79. The average Bonchev–Trinajstić information content (AvgIpc) is 3.28. The van der Waals surface area contributed by atoms with Gasteiger partial charge in [0.05, 0.1) is 24.7 Å². The summed E-state index contributed by atoms with van der Waals surface area (Å²) in [4.78, 5) is 12.0. The molecule has 37 heavy (non-hydrogen) atoms. The Morgan fingerprint density at radius 1 is 1.08 bits per heavy atom. The van der Waals surface area contributed by atoms with E-state index in [1.54, 1.807) is 6.92 Å². The molecule has 0 aliphatic heterocycles. The van der Waals surface area contributed by atoms with E-state index in [0.717, 1.165) is 43.5 Å². The Labute approximate surface area is 223 Å². The fourth-order valence-corrected chi connectivity index (χ4v) is 5.66. The number of aryl methyl sites for hydroxylation is 2. The molecule has 0 aliphatic rings. The molecule has 3 aromatic rings. The molecule has 1 atom stereocenters. The topological polar surface area (TPSA) is 89.9 Å². The van der Waals surface area contributed by atoms with E-state index in [1.807, 2.05) is 50.2 Å². The lowest BCUT2D eigenvalue weighted by molar-refractivity contribution is -0.137. The van der Waals surface area contributed by atoms with E-state index in [1.165, 1.54) is 17.6 Å². The number of carboxylic acids is 1. The van der Waals surface area contributed by atoms with Crippen molar-refractivity contribution in [3.8, 4) is 33.8 Å². The summed E-state index contributed by atoms with van der Waals surface area (Å²) >= 11 is 1.42. The second-order valence-electron chi connectivity index (χ2n) is 8.95. The first-order valence-electron chi connectivity index (χ1n) is 11.9. The molecule has 0 radical (unpaired) electrons. The third-order valence-corrected chi connectivity index (χ3v) is 7.82. The molecular weight excluding hydrogens is 508 g/mol. The van der Waals surface area contributed by atoms with Crippen molar-refractivity contribution in [2.24, 2.45) is 0 Å². The number of ether oxygens (including phenoxy) is 2. The third kappa shape index (κ3) is 8.66. The van der Waals surface area contributed by atoms with E-state index >= 15 is 0 Å². The molecule has 0 fully saturated rings. The minimum Gasteiger partial charge on any atom is -0.494 e. The van der Waals surface area contributed by atoms with Gasteiger partial charge < -0.3 is 14.6 Å². The van der Waals surface area contributed by atoms with E-state index in [0.29, 0.717) is 19.6 Å². The van der Waals surface area contributed by atoms with Crippen LogP contribution in [0.3, 0.4) is 0 Å². The van der Waals surface area contributed by atoms with Crippen LogP contribution in [0.4, 0.5) is 0 Å². The van der Waals surface area contributed by atoms with Crippen molar-refractivity contribution in [3.63, 3.8) is 0 Å². The lowest BCUT2D eigenvalue weighted by atomic mass is 9.94. The maximum absolute atomic E-state index is 11.3. The average molecular weight is 541 g/mol. The SMILES string of the molecule is CC#C[C@H](CC(=O)O)c1ccc(OCc2cccc(-c3c(C)cc(OCCCS(C)(=O)=O)cc3C)c2)s1. The molecule has 0 saturated heterocycles. The Balaban J connectivity index is 1.68. The highest BCUT2D eigenvalue weighted by atomic mass is 32.2. The summed E-state index contributed by atoms with van der Waals surface area (Å²) < 4.78 is 34.4. The molecule has 2 aromatic carbocycles. The first-order chi connectivity index (χ1) is 17.6. The van der Waals surface area contributed by atoms with Gasteiger partial charge >= 0.3 is 5.97 Å². The van der Waals surface area contributed by atoms with Crippen LogP contribution in [-0.2, 0) is 21.2 Å². The molecule has 8 heteroatoms. The molecule has 0 bridgehead atoms. The summed E-state index contributed by atoms with van der Waals surface area (Å²) in [7, 11) is -2.99. The van der Waals surface area contributed by atoms with Crippen molar-refractivity contribution in [1.82, 2.24) is 0 Å². The Hall–Kier alpha value is -3.28. The first kappa shape index (κ1) is 28.3. The van der Waals surface area contributed by atoms with Crippen molar-refractivity contribution in [1.29, 1.82) is 0 Å². The molecule has 0 unspecified atom stereocenters. The fraction of sp³-hybridized carbons (Fsp3) is 0.345. The molecule has 3 rings (SSSR count). The van der Waals surface area contributed by atoms with Gasteiger partial charge in [-0.1, -0.05) is 24.1 Å². The van der Waals surface area contributed by atoms with Gasteiger partial charge in [-0.2, -0.15) is 0 Å². The van der Waals surface area contributed by atoms with Gasteiger partial charge in [0.1, 0.15) is 22.2 Å². The summed E-state index contributed by atoms with van der Waals surface area (Å²) in [5.74, 6) is 5.41. The number of carboxylic acid groups (broad SMARTS) is 1. The highest BCUT2D eigenvalue weighted by Gasteiger charge is 2.16. The van der Waals surface area contributed by atoms with E-state index in [9.17, 15) is 13.2 Å². The van der Waals surface area contributed by atoms with Crippen LogP contribution < -0.4 is 9.47 Å². The van der Waals surface area contributed by atoms with Crippen LogP contribution in [0, 0.1) is 25.7 Å². The van der Waals surface area contributed by atoms with Gasteiger partial charge in [0, 0.05) is 11.1 Å². The molecule has 1 N–H and O–H groups in total. The molecule has 0 aliphatic carbocycles. The molecule has 6 nitrogen and oxygen atoms in total. The number of sulfone groups is 1. The van der Waals surface area contributed by atoms with Gasteiger partial charge in [0.2, 0.25) is 0 Å². The highest BCUT2D eigenvalue weighted by Crippen LogP contribution is 2.34. The first-order valence-corrected chi connectivity index (χ1v) is 14.8. The van der Waals surface area contributed by atoms with Crippen LogP contribution in [0.2, 0.25) is 0 Å². The zero-order valence-corrected chi connectivity index (χ0v) is 23.2. The van der Waals surface area contributed by atoms with E-state index in [-0.39, 0.29) is 18.1 Å². The van der Waals surface area contributed by atoms with Crippen molar-refractivity contribution >= 4 is 27.1 Å². The number of benzene rings is 2. The summed E-state index contributed by atoms with van der Waals surface area (Å²) in [5.41, 5.74) is 5.36. The maximum Gasteiger partial charge on any atom is 0.304 e. The normalized spacial score (nSPS) is 11.9. The summed E-state index contributed by atoms with van der Waals surface area (Å²) in [5, 5.41) is 9.88. The quantitative estimate of drug-likeness (QED) is 0.224. The molecule has 0 amide bonds. The monoisotopic (exact) mass is 540 g/mol. The number of aliphatic carboxylic acids is 1. The van der Waals surface area contributed by atoms with Crippen LogP contribution in [0.15, 0.2) is 48.5 Å². The Morgan fingerprint density at radius 3 is 2.46 bits per heavy atom. The summed E-state index contributed by atoms with van der Waals surface area (Å²) in [6.45, 7) is 6.52. The standard InChI is InChI=1S/C29H32O6S2/c1-5-8-23(18-27(30)31)26-11-12-28(36-26)35-19-22-9-6-10-24(17-22)29-20(2)15-25(16-21(29)3)34-13-7-14-37(4,32)33/h6,9-12,15-17,23H,7,13-14,18-19H2,1-4H3,(H,30,31)/t23-/m1/s1. The zero-order valence-electron chi connectivity index (χ0n) is 21.5. The van der Waals surface area contributed by atoms with Crippen molar-refractivity contribution in [2.75, 3.05) is 18.6 Å².